The minimum atomic E-state index is -0.743. The fourth-order valence-electron chi connectivity index (χ4n) is 2.42. The molecule has 0 bridgehead atoms. The third-order valence-corrected chi connectivity index (χ3v) is 4.42. The molecule has 0 radical (unpaired) electrons. The van der Waals surface area contributed by atoms with Crippen LogP contribution in [-0.2, 0) is 11.2 Å². The lowest BCUT2D eigenvalue weighted by Crippen LogP contribution is -1.97. The van der Waals surface area contributed by atoms with Crippen LogP contribution >= 0.6 is 11.3 Å². The van der Waals surface area contributed by atoms with Gasteiger partial charge in [0.1, 0.15) is 0 Å². The van der Waals surface area contributed by atoms with Gasteiger partial charge in [-0.3, -0.25) is 9.20 Å². The van der Waals surface area contributed by atoms with E-state index in [1.165, 1.54) is 5.56 Å². The van der Waals surface area contributed by atoms with Crippen molar-refractivity contribution in [3.05, 3.63) is 47.1 Å². The van der Waals surface area contributed by atoms with Crippen molar-refractivity contribution < 1.29 is 9.90 Å². The highest BCUT2D eigenvalue weighted by Gasteiger charge is 2.11. The first-order valence-electron chi connectivity index (χ1n) is 6.88. The number of nitrogens with zero attached hydrogens (tertiary/aromatic N) is 2. The molecule has 0 fully saturated rings. The number of rotatable bonds is 5. The average Bonchev–Trinajstić information content (AvgIpc) is 3.00. The summed E-state index contributed by atoms with van der Waals surface area (Å²) in [4.78, 5) is 16.2. The molecule has 3 aromatic rings. The van der Waals surface area contributed by atoms with E-state index < -0.39 is 5.97 Å². The molecule has 0 spiro atoms. The zero-order valence-electron chi connectivity index (χ0n) is 11.7. The molecule has 0 unspecified atom stereocenters. The van der Waals surface area contributed by atoms with Crippen LogP contribution in [0.4, 0.5) is 0 Å². The first-order chi connectivity index (χ1) is 10.1. The molecule has 0 amide bonds. The Morgan fingerprint density at radius 3 is 2.95 bits per heavy atom. The second-order valence-corrected chi connectivity index (χ2v) is 5.90. The summed E-state index contributed by atoms with van der Waals surface area (Å²) in [5, 5.41) is 10.8. The van der Waals surface area contributed by atoms with Gasteiger partial charge in [-0.05, 0) is 25.3 Å². The molecule has 4 nitrogen and oxygen atoms in total. The van der Waals surface area contributed by atoms with Crippen molar-refractivity contribution >= 4 is 22.3 Å². The molecule has 2 aromatic heterocycles. The Morgan fingerprint density at radius 1 is 1.38 bits per heavy atom. The minimum Gasteiger partial charge on any atom is -0.481 e. The minimum absolute atomic E-state index is 0.205. The monoisotopic (exact) mass is 300 g/mol. The maximum atomic E-state index is 10.6. The Hall–Kier alpha value is -2.14. The van der Waals surface area contributed by atoms with Crippen LogP contribution in [0.5, 0.6) is 0 Å². The van der Waals surface area contributed by atoms with Crippen molar-refractivity contribution in [1.82, 2.24) is 9.38 Å². The number of aryl methyl sites for hydroxylation is 2. The Kier molecular flexibility index (Phi) is 3.75. The molecule has 0 saturated heterocycles. The zero-order chi connectivity index (χ0) is 14.8. The highest BCUT2D eigenvalue weighted by molar-refractivity contribution is 7.15. The summed E-state index contributed by atoms with van der Waals surface area (Å²) in [6.45, 7) is 2.08. The van der Waals surface area contributed by atoms with Gasteiger partial charge in [-0.25, -0.2) is 4.98 Å². The van der Waals surface area contributed by atoms with E-state index >= 15 is 0 Å². The number of hydrogen-bond acceptors (Lipinski definition) is 3. The van der Waals surface area contributed by atoms with E-state index in [1.807, 2.05) is 18.3 Å². The Bertz CT molecular complexity index is 789. The van der Waals surface area contributed by atoms with Crippen LogP contribution in [0, 0.1) is 6.92 Å². The van der Waals surface area contributed by atoms with Crippen LogP contribution in [0.25, 0.3) is 16.2 Å². The van der Waals surface area contributed by atoms with Gasteiger partial charge in [-0.2, -0.15) is 0 Å². The molecule has 2 heterocycles. The van der Waals surface area contributed by atoms with E-state index in [-0.39, 0.29) is 6.42 Å². The second-order valence-electron chi connectivity index (χ2n) is 5.07. The molecule has 1 aromatic carbocycles. The van der Waals surface area contributed by atoms with Crippen molar-refractivity contribution in [2.24, 2.45) is 0 Å². The maximum absolute atomic E-state index is 10.6. The smallest absolute Gasteiger partial charge is 0.303 e. The summed E-state index contributed by atoms with van der Waals surface area (Å²) >= 11 is 1.60. The van der Waals surface area contributed by atoms with Crippen LogP contribution in [0.3, 0.4) is 0 Å². The molecular weight excluding hydrogens is 284 g/mol. The van der Waals surface area contributed by atoms with E-state index in [4.69, 9.17) is 5.11 Å². The number of thiazole rings is 1. The predicted octanol–water partition coefficient (Wildman–Crippen LogP) is 3.78. The number of carboxylic acid groups (broad SMARTS) is 1. The third-order valence-electron chi connectivity index (χ3n) is 3.53. The quantitative estimate of drug-likeness (QED) is 0.780. The molecule has 0 aliphatic heterocycles. The number of imidazole rings is 1. The average molecular weight is 300 g/mol. The van der Waals surface area contributed by atoms with Gasteiger partial charge in [-0.15, -0.1) is 11.3 Å². The number of aromatic nitrogens is 2. The van der Waals surface area contributed by atoms with Gasteiger partial charge in [0.05, 0.1) is 5.69 Å². The van der Waals surface area contributed by atoms with Crippen molar-refractivity contribution in [2.45, 2.75) is 26.2 Å². The predicted molar refractivity (Wildman–Crippen MR) is 83.8 cm³/mol. The topological polar surface area (TPSA) is 54.6 Å². The standard InChI is InChI=1S/C16H16N2O2S/c1-11-5-2-3-7-13(11)14-9-18-12(6-4-8-15(19)20)10-21-16(18)17-14/h2-3,5,7,9-10H,4,6,8H2,1H3,(H,19,20). The van der Waals surface area contributed by atoms with Crippen LogP contribution < -0.4 is 0 Å². The van der Waals surface area contributed by atoms with Gasteiger partial charge < -0.3 is 5.11 Å². The molecule has 0 saturated carbocycles. The second kappa shape index (κ2) is 5.69. The van der Waals surface area contributed by atoms with Crippen molar-refractivity contribution in [2.75, 3.05) is 0 Å². The fraction of sp³-hybridized carbons (Fsp3) is 0.250. The van der Waals surface area contributed by atoms with E-state index in [0.29, 0.717) is 6.42 Å². The lowest BCUT2D eigenvalue weighted by atomic mass is 10.1. The number of carbonyl (C=O) groups is 1. The highest BCUT2D eigenvalue weighted by Crippen LogP contribution is 2.26. The first kappa shape index (κ1) is 13.8. The molecule has 0 atom stereocenters. The van der Waals surface area contributed by atoms with Gasteiger partial charge in [0.2, 0.25) is 0 Å². The Balaban J connectivity index is 1.89. The molecule has 3 rings (SSSR count). The lowest BCUT2D eigenvalue weighted by Gasteiger charge is -2.01. The summed E-state index contributed by atoms with van der Waals surface area (Å²) in [7, 11) is 0. The number of benzene rings is 1. The Labute approximate surface area is 126 Å². The van der Waals surface area contributed by atoms with Gasteiger partial charge in [-0.1, -0.05) is 24.3 Å². The molecule has 0 aliphatic carbocycles. The summed E-state index contributed by atoms with van der Waals surface area (Å²) in [5.74, 6) is -0.743. The van der Waals surface area contributed by atoms with Crippen LogP contribution in [0.2, 0.25) is 0 Å². The van der Waals surface area contributed by atoms with Crippen molar-refractivity contribution in [3.8, 4) is 11.3 Å². The number of aliphatic carboxylic acids is 1. The lowest BCUT2D eigenvalue weighted by molar-refractivity contribution is -0.137. The van der Waals surface area contributed by atoms with Gasteiger partial charge in [0.25, 0.3) is 0 Å². The normalized spacial score (nSPS) is 11.1. The largest absolute Gasteiger partial charge is 0.481 e. The van der Waals surface area contributed by atoms with E-state index in [1.54, 1.807) is 11.3 Å². The summed E-state index contributed by atoms with van der Waals surface area (Å²) in [5.41, 5.74) is 4.45. The van der Waals surface area contributed by atoms with Gasteiger partial charge >= 0.3 is 5.97 Å². The zero-order valence-corrected chi connectivity index (χ0v) is 12.6. The Morgan fingerprint density at radius 2 is 2.19 bits per heavy atom. The van der Waals surface area contributed by atoms with Gasteiger partial charge in [0, 0.05) is 29.3 Å². The number of carboxylic acids is 1. The molecule has 0 aliphatic rings. The van der Waals surface area contributed by atoms with E-state index in [9.17, 15) is 4.79 Å². The van der Waals surface area contributed by atoms with Crippen molar-refractivity contribution in [1.29, 1.82) is 0 Å². The number of fused-ring (bicyclic) bond motifs is 1. The van der Waals surface area contributed by atoms with E-state index in [0.717, 1.165) is 28.3 Å². The molecule has 1 N–H and O–H groups in total. The molecular formula is C16H16N2O2S. The fourth-order valence-corrected chi connectivity index (χ4v) is 3.33. The summed E-state index contributed by atoms with van der Waals surface area (Å²) in [6.07, 6.45) is 3.66. The molecule has 108 valence electrons. The third kappa shape index (κ3) is 2.83. The molecule has 5 heteroatoms. The summed E-state index contributed by atoms with van der Waals surface area (Å²) in [6, 6.07) is 8.19. The maximum Gasteiger partial charge on any atom is 0.303 e. The van der Waals surface area contributed by atoms with Crippen LogP contribution in [-0.4, -0.2) is 20.5 Å². The first-order valence-corrected chi connectivity index (χ1v) is 7.76. The molecule has 21 heavy (non-hydrogen) atoms. The van der Waals surface area contributed by atoms with Crippen molar-refractivity contribution in [3.63, 3.8) is 0 Å². The number of hydrogen-bond donors (Lipinski definition) is 1. The van der Waals surface area contributed by atoms with E-state index in [2.05, 4.69) is 33.8 Å². The van der Waals surface area contributed by atoms with Gasteiger partial charge in [0.15, 0.2) is 4.96 Å². The highest BCUT2D eigenvalue weighted by atomic mass is 32.1. The summed E-state index contributed by atoms with van der Waals surface area (Å²) < 4.78 is 2.08. The SMILES string of the molecule is Cc1ccccc1-c1cn2c(CCCC(=O)O)csc2n1. The van der Waals surface area contributed by atoms with Crippen LogP contribution in [0.15, 0.2) is 35.8 Å². The van der Waals surface area contributed by atoms with Crippen LogP contribution in [0.1, 0.15) is 24.1 Å².